The van der Waals surface area contributed by atoms with Gasteiger partial charge in [0.25, 0.3) is 5.79 Å². The maximum absolute atomic E-state index is 12.5. The molecular weight excluding hydrogens is 268 g/mol. The molecule has 0 fully saturated rings. The molecule has 0 saturated carbocycles. The van der Waals surface area contributed by atoms with Crippen molar-refractivity contribution in [1.82, 2.24) is 0 Å². The molecule has 3 rings (SSSR count). The first-order chi connectivity index (χ1) is 10.1. The second kappa shape index (κ2) is 4.91. The maximum atomic E-state index is 12.5. The fourth-order valence-corrected chi connectivity index (χ4v) is 2.65. The summed E-state index contributed by atoms with van der Waals surface area (Å²) in [4.78, 5) is 24.9. The Kier molecular flexibility index (Phi) is 3.20. The quantitative estimate of drug-likeness (QED) is 0.641. The van der Waals surface area contributed by atoms with Crippen molar-refractivity contribution < 1.29 is 19.1 Å². The van der Waals surface area contributed by atoms with Crippen LogP contribution in [0, 0.1) is 0 Å². The summed E-state index contributed by atoms with van der Waals surface area (Å²) < 4.78 is 10.2. The lowest BCUT2D eigenvalue weighted by Crippen LogP contribution is -2.45. The molecule has 1 aliphatic carbocycles. The molecule has 0 N–H and O–H groups in total. The number of ketones is 2. The van der Waals surface area contributed by atoms with Crippen LogP contribution in [-0.2, 0) is 9.47 Å². The Labute approximate surface area is 122 Å². The summed E-state index contributed by atoms with van der Waals surface area (Å²) in [6.45, 7) is 0. The number of carbonyl (C=O) groups is 2. The molecule has 106 valence electrons. The van der Waals surface area contributed by atoms with E-state index in [0.717, 1.165) is 11.1 Å². The molecular formula is C17H14O4. The van der Waals surface area contributed by atoms with Crippen LogP contribution in [0.5, 0.6) is 0 Å². The molecule has 4 heteroatoms. The second-order valence-electron chi connectivity index (χ2n) is 4.81. The van der Waals surface area contributed by atoms with Crippen molar-refractivity contribution in [3.05, 3.63) is 59.7 Å². The number of hydrogen-bond acceptors (Lipinski definition) is 4. The molecule has 1 aliphatic rings. The maximum Gasteiger partial charge on any atom is 0.299 e. The summed E-state index contributed by atoms with van der Waals surface area (Å²) in [5.41, 5.74) is 2.53. The van der Waals surface area contributed by atoms with Gasteiger partial charge in [-0.2, -0.15) is 0 Å². The van der Waals surface area contributed by atoms with Crippen LogP contribution in [-0.4, -0.2) is 31.6 Å². The number of hydrogen-bond donors (Lipinski definition) is 0. The Morgan fingerprint density at radius 3 is 2.00 bits per heavy atom. The van der Waals surface area contributed by atoms with Crippen molar-refractivity contribution >= 4 is 11.6 Å². The van der Waals surface area contributed by atoms with Crippen LogP contribution in [0.4, 0.5) is 0 Å². The van der Waals surface area contributed by atoms with E-state index in [4.69, 9.17) is 9.47 Å². The summed E-state index contributed by atoms with van der Waals surface area (Å²) in [5.74, 6) is -2.74. The average molecular weight is 282 g/mol. The zero-order chi connectivity index (χ0) is 15.0. The van der Waals surface area contributed by atoms with Gasteiger partial charge in [0, 0.05) is 25.3 Å². The van der Waals surface area contributed by atoms with Gasteiger partial charge >= 0.3 is 0 Å². The first kappa shape index (κ1) is 13.7. The molecule has 0 bridgehead atoms. The fraction of sp³-hybridized carbons (Fsp3) is 0.176. The number of methoxy groups -OCH3 is 2. The molecule has 0 aromatic heterocycles. The lowest BCUT2D eigenvalue weighted by Gasteiger charge is -2.21. The molecule has 0 radical (unpaired) electrons. The van der Waals surface area contributed by atoms with Crippen LogP contribution in [0.3, 0.4) is 0 Å². The topological polar surface area (TPSA) is 52.6 Å². The summed E-state index contributed by atoms with van der Waals surface area (Å²) >= 11 is 0. The van der Waals surface area contributed by atoms with Crippen molar-refractivity contribution in [3.63, 3.8) is 0 Å². The Morgan fingerprint density at radius 1 is 0.762 bits per heavy atom. The molecule has 0 atom stereocenters. The van der Waals surface area contributed by atoms with Crippen LogP contribution in [0.1, 0.15) is 20.7 Å². The van der Waals surface area contributed by atoms with Crippen molar-refractivity contribution in [2.75, 3.05) is 14.2 Å². The molecule has 0 heterocycles. The highest BCUT2D eigenvalue weighted by Crippen LogP contribution is 2.35. The van der Waals surface area contributed by atoms with E-state index in [2.05, 4.69) is 0 Å². The smallest absolute Gasteiger partial charge is 0.299 e. The number of rotatable bonds is 3. The molecule has 0 spiro atoms. The number of carbonyl (C=O) groups excluding carboxylic acids is 2. The molecule has 2 aromatic rings. The molecule has 0 saturated heterocycles. The number of fused-ring (bicyclic) bond motifs is 1. The Balaban J connectivity index is 2.13. The third-order valence-corrected chi connectivity index (χ3v) is 3.79. The largest absolute Gasteiger partial charge is 0.341 e. The third-order valence-electron chi connectivity index (χ3n) is 3.79. The first-order valence-electron chi connectivity index (χ1n) is 6.53. The minimum atomic E-state index is -1.84. The Bertz CT molecular complexity index is 715. The van der Waals surface area contributed by atoms with Gasteiger partial charge in [0.05, 0.1) is 0 Å². The van der Waals surface area contributed by atoms with Gasteiger partial charge in [-0.05, 0) is 23.3 Å². The van der Waals surface area contributed by atoms with Crippen LogP contribution in [0.2, 0.25) is 0 Å². The molecule has 21 heavy (non-hydrogen) atoms. The Hall–Kier alpha value is -2.30. The van der Waals surface area contributed by atoms with Crippen LogP contribution < -0.4 is 0 Å². The van der Waals surface area contributed by atoms with Crippen LogP contribution in [0.25, 0.3) is 11.1 Å². The van der Waals surface area contributed by atoms with Gasteiger partial charge in [0.1, 0.15) is 0 Å². The average Bonchev–Trinajstić information content (AvgIpc) is 2.76. The van der Waals surface area contributed by atoms with E-state index in [0.29, 0.717) is 11.1 Å². The number of Topliss-reactive ketones (excluding diaryl/α,β-unsaturated/α-hetero) is 2. The fourth-order valence-electron chi connectivity index (χ4n) is 2.65. The van der Waals surface area contributed by atoms with Gasteiger partial charge in [0.2, 0.25) is 11.6 Å². The van der Waals surface area contributed by atoms with E-state index in [1.165, 1.54) is 14.2 Å². The van der Waals surface area contributed by atoms with Crippen LogP contribution in [0.15, 0.2) is 48.5 Å². The van der Waals surface area contributed by atoms with E-state index in [-0.39, 0.29) is 0 Å². The predicted octanol–water partition coefficient (Wildman–Crippen LogP) is 2.72. The molecule has 2 aromatic carbocycles. The molecule has 0 aliphatic heterocycles. The summed E-state index contributed by atoms with van der Waals surface area (Å²) in [6.07, 6.45) is 0. The van der Waals surface area contributed by atoms with Crippen molar-refractivity contribution in [3.8, 4) is 11.1 Å². The standard InChI is InChI=1S/C17H14O4/c1-20-17(21-2)15(18)13-9-8-12(10-14(13)16(17)19)11-6-4-3-5-7-11/h3-10H,1-2H3. The monoisotopic (exact) mass is 282 g/mol. The summed E-state index contributed by atoms with van der Waals surface area (Å²) in [6, 6.07) is 14.8. The van der Waals surface area contributed by atoms with Crippen molar-refractivity contribution in [2.45, 2.75) is 5.79 Å². The zero-order valence-electron chi connectivity index (χ0n) is 11.8. The normalized spacial score (nSPS) is 16.1. The summed E-state index contributed by atoms with van der Waals surface area (Å²) in [5, 5.41) is 0. The summed E-state index contributed by atoms with van der Waals surface area (Å²) in [7, 11) is 2.59. The van der Waals surface area contributed by atoms with Crippen molar-refractivity contribution in [1.29, 1.82) is 0 Å². The second-order valence-corrected chi connectivity index (χ2v) is 4.81. The van der Waals surface area contributed by atoms with Gasteiger partial charge < -0.3 is 9.47 Å². The highest BCUT2D eigenvalue weighted by molar-refractivity contribution is 6.31. The van der Waals surface area contributed by atoms with Crippen LogP contribution >= 0.6 is 0 Å². The SMILES string of the molecule is COC1(OC)C(=O)c2ccc(-c3ccccc3)cc2C1=O. The number of benzene rings is 2. The van der Waals surface area contributed by atoms with Gasteiger partial charge in [0.15, 0.2) is 0 Å². The molecule has 0 amide bonds. The highest BCUT2D eigenvalue weighted by atomic mass is 16.7. The van der Waals surface area contributed by atoms with E-state index >= 15 is 0 Å². The van der Waals surface area contributed by atoms with E-state index in [9.17, 15) is 9.59 Å². The highest BCUT2D eigenvalue weighted by Gasteiger charge is 2.54. The Morgan fingerprint density at radius 2 is 1.38 bits per heavy atom. The van der Waals surface area contributed by atoms with Gasteiger partial charge in [-0.25, -0.2) is 0 Å². The minimum Gasteiger partial charge on any atom is -0.341 e. The van der Waals surface area contributed by atoms with Gasteiger partial charge in [-0.15, -0.1) is 0 Å². The van der Waals surface area contributed by atoms with E-state index in [1.807, 2.05) is 36.4 Å². The molecule has 0 unspecified atom stereocenters. The minimum absolute atomic E-state index is 0.336. The van der Waals surface area contributed by atoms with Crippen molar-refractivity contribution in [2.24, 2.45) is 0 Å². The first-order valence-corrected chi connectivity index (χ1v) is 6.53. The van der Waals surface area contributed by atoms with E-state index in [1.54, 1.807) is 12.1 Å². The lowest BCUT2D eigenvalue weighted by molar-refractivity contribution is -0.133. The predicted molar refractivity (Wildman–Crippen MR) is 77.3 cm³/mol. The molecule has 4 nitrogen and oxygen atoms in total. The van der Waals surface area contributed by atoms with Gasteiger partial charge in [-0.1, -0.05) is 36.4 Å². The zero-order valence-corrected chi connectivity index (χ0v) is 11.8. The lowest BCUT2D eigenvalue weighted by atomic mass is 10.0. The number of ether oxygens (including phenoxy) is 2. The van der Waals surface area contributed by atoms with E-state index < -0.39 is 17.4 Å². The van der Waals surface area contributed by atoms with Gasteiger partial charge in [-0.3, -0.25) is 9.59 Å². The third kappa shape index (κ3) is 1.84.